The largest absolute Gasteiger partial charge is 0.374 e. The summed E-state index contributed by atoms with van der Waals surface area (Å²) in [6.45, 7) is -0.403. The Morgan fingerprint density at radius 1 is 0.610 bits per heavy atom. The third-order valence-corrected chi connectivity index (χ3v) is 8.14. The van der Waals surface area contributed by atoms with Crippen molar-refractivity contribution in [2.24, 2.45) is 0 Å². The molecule has 1 aliphatic heterocycles. The number of rotatable bonds is 1. The standard InChI is InChI=1S/C33H14BN7/c35-14-19-10-21(16-37)31-24(12-19)25-13-20(15-36)11-22(17-38)32(25)41(31)34-27-5-1-2-7-30(27)40-29-8-9-39-18-26(29)23-4-3-6-28(34)33(23)40/h1-13,18H. The van der Waals surface area contributed by atoms with Crippen molar-refractivity contribution < 1.29 is 0 Å². The van der Waals surface area contributed by atoms with Crippen LogP contribution >= 0.6 is 0 Å². The maximum Gasteiger partial charge on any atom is 0.332 e. The fraction of sp³-hybridized carbons (Fsp3) is 0. The topological polar surface area (TPSA) is 118 Å². The first-order valence-corrected chi connectivity index (χ1v) is 12.9. The maximum absolute atomic E-state index is 10.3. The first-order valence-electron chi connectivity index (χ1n) is 12.9. The Morgan fingerprint density at radius 3 is 1.93 bits per heavy atom. The highest BCUT2D eigenvalue weighted by Crippen LogP contribution is 2.38. The van der Waals surface area contributed by atoms with Crippen molar-refractivity contribution in [3.8, 4) is 30.0 Å². The number of hydrogen-bond donors (Lipinski definition) is 0. The van der Waals surface area contributed by atoms with Crippen LogP contribution < -0.4 is 10.9 Å². The number of hydrogen-bond acceptors (Lipinski definition) is 5. The van der Waals surface area contributed by atoms with E-state index in [9.17, 15) is 21.0 Å². The average Bonchev–Trinajstić information content (AvgIpc) is 3.54. The molecule has 1 aliphatic rings. The van der Waals surface area contributed by atoms with E-state index in [0.29, 0.717) is 44.1 Å². The lowest BCUT2D eigenvalue weighted by Crippen LogP contribution is -2.53. The van der Waals surface area contributed by atoms with Crippen molar-refractivity contribution in [2.75, 3.05) is 0 Å². The smallest absolute Gasteiger partial charge is 0.332 e. The zero-order valence-electron chi connectivity index (χ0n) is 21.3. The van der Waals surface area contributed by atoms with Crippen molar-refractivity contribution >= 4 is 61.4 Å². The zero-order valence-corrected chi connectivity index (χ0v) is 21.3. The molecule has 41 heavy (non-hydrogen) atoms. The van der Waals surface area contributed by atoms with Crippen molar-refractivity contribution in [2.45, 2.75) is 0 Å². The van der Waals surface area contributed by atoms with Crippen LogP contribution in [0, 0.1) is 45.3 Å². The summed E-state index contributed by atoms with van der Waals surface area (Å²) in [6.07, 6.45) is 3.68. The van der Waals surface area contributed by atoms with Crippen molar-refractivity contribution in [3.05, 3.63) is 107 Å². The van der Waals surface area contributed by atoms with Gasteiger partial charge in [-0.05, 0) is 47.3 Å². The summed E-state index contributed by atoms with van der Waals surface area (Å²) >= 11 is 0. The second-order valence-electron chi connectivity index (χ2n) is 10.1. The van der Waals surface area contributed by atoms with Crippen LogP contribution in [0.25, 0.3) is 49.3 Å². The summed E-state index contributed by atoms with van der Waals surface area (Å²) in [6, 6.07) is 32.0. The molecule has 7 aromatic rings. The Bertz CT molecular complexity index is 2400. The summed E-state index contributed by atoms with van der Waals surface area (Å²) in [5, 5.41) is 43.6. The Kier molecular flexibility index (Phi) is 4.46. The maximum atomic E-state index is 10.3. The second kappa shape index (κ2) is 8.08. The Balaban J connectivity index is 1.65. The average molecular weight is 519 g/mol. The fourth-order valence-electron chi connectivity index (χ4n) is 6.65. The summed E-state index contributed by atoms with van der Waals surface area (Å²) in [7, 11) is 0. The quantitative estimate of drug-likeness (QED) is 0.290. The van der Waals surface area contributed by atoms with Gasteiger partial charge in [0, 0.05) is 39.6 Å². The molecule has 0 aliphatic carbocycles. The number of nitriles is 4. The van der Waals surface area contributed by atoms with Gasteiger partial charge in [-0.3, -0.25) is 4.98 Å². The molecule has 8 rings (SSSR count). The first-order chi connectivity index (χ1) is 20.2. The van der Waals surface area contributed by atoms with E-state index >= 15 is 0 Å². The molecule has 0 amide bonds. The van der Waals surface area contributed by atoms with Gasteiger partial charge in [0.1, 0.15) is 12.1 Å². The Morgan fingerprint density at radius 2 is 1.27 bits per heavy atom. The molecule has 8 heteroatoms. The highest BCUT2D eigenvalue weighted by Gasteiger charge is 2.37. The second-order valence-corrected chi connectivity index (χ2v) is 10.1. The number of para-hydroxylation sites is 2. The fourth-order valence-corrected chi connectivity index (χ4v) is 6.65. The number of fused-ring (bicyclic) bond motifs is 8. The van der Waals surface area contributed by atoms with Crippen LogP contribution in [0.4, 0.5) is 0 Å². The predicted molar refractivity (Wildman–Crippen MR) is 157 cm³/mol. The SMILES string of the molecule is N#Cc1cc(C#N)c2c(c1)c1cc(C#N)cc(C#N)c1n2B1c2ccccc2-n2c3ccncc3c3cccc1c32. The molecule has 0 radical (unpaired) electrons. The molecule has 0 saturated heterocycles. The number of pyridine rings is 1. The number of aromatic nitrogens is 3. The highest BCUT2D eigenvalue weighted by atomic mass is 15.0. The van der Waals surface area contributed by atoms with E-state index in [1.165, 1.54) is 0 Å². The van der Waals surface area contributed by atoms with E-state index in [1.54, 1.807) is 30.5 Å². The summed E-state index contributed by atoms with van der Waals surface area (Å²) < 4.78 is 4.33. The molecule has 4 heterocycles. The molecule has 0 bridgehead atoms. The monoisotopic (exact) mass is 519 g/mol. The molecule has 0 N–H and O–H groups in total. The molecule has 4 aromatic carbocycles. The molecule has 0 unspecified atom stereocenters. The van der Waals surface area contributed by atoms with Gasteiger partial charge in [-0.15, -0.1) is 0 Å². The van der Waals surface area contributed by atoms with Gasteiger partial charge >= 0.3 is 6.85 Å². The minimum absolute atomic E-state index is 0.331. The molecule has 7 nitrogen and oxygen atoms in total. The van der Waals surface area contributed by atoms with Crippen LogP contribution in [0.2, 0.25) is 0 Å². The van der Waals surface area contributed by atoms with E-state index in [1.807, 2.05) is 30.5 Å². The molecule has 184 valence electrons. The van der Waals surface area contributed by atoms with E-state index in [4.69, 9.17) is 0 Å². The molecule has 3 aromatic heterocycles. The van der Waals surface area contributed by atoms with E-state index in [2.05, 4.69) is 62.6 Å². The molecule has 0 atom stereocenters. The van der Waals surface area contributed by atoms with Crippen LogP contribution in [0.3, 0.4) is 0 Å². The third-order valence-electron chi connectivity index (χ3n) is 8.14. The van der Waals surface area contributed by atoms with Crippen molar-refractivity contribution in [3.63, 3.8) is 0 Å². The van der Waals surface area contributed by atoms with Gasteiger partial charge in [0.2, 0.25) is 0 Å². The lowest BCUT2D eigenvalue weighted by molar-refractivity contribution is 1.17. The van der Waals surface area contributed by atoms with Gasteiger partial charge in [-0.2, -0.15) is 21.0 Å². The predicted octanol–water partition coefficient (Wildman–Crippen LogP) is 4.74. The van der Waals surface area contributed by atoms with Crippen LogP contribution in [0.15, 0.2) is 85.2 Å². The van der Waals surface area contributed by atoms with Crippen LogP contribution in [0.5, 0.6) is 0 Å². The van der Waals surface area contributed by atoms with E-state index < -0.39 is 6.85 Å². The van der Waals surface area contributed by atoms with Gasteiger partial charge in [0.05, 0.1) is 56.5 Å². The summed E-state index contributed by atoms with van der Waals surface area (Å²) in [5.74, 6) is 0. The summed E-state index contributed by atoms with van der Waals surface area (Å²) in [5.41, 5.74) is 7.68. The number of benzene rings is 4. The normalized spacial score (nSPS) is 11.8. The van der Waals surface area contributed by atoms with Crippen molar-refractivity contribution in [1.82, 2.24) is 14.0 Å². The lowest BCUT2D eigenvalue weighted by atomic mass is 9.48. The van der Waals surface area contributed by atoms with Crippen LogP contribution in [0.1, 0.15) is 22.3 Å². The molecular weight excluding hydrogens is 505 g/mol. The van der Waals surface area contributed by atoms with Gasteiger partial charge in [-0.1, -0.05) is 36.4 Å². The Hall–Kier alpha value is -6.35. The van der Waals surface area contributed by atoms with Gasteiger partial charge in [0.25, 0.3) is 0 Å². The molecular formula is C33H14BN7. The summed E-state index contributed by atoms with van der Waals surface area (Å²) in [4.78, 5) is 4.40. The number of nitrogens with zero attached hydrogens (tertiary/aromatic N) is 7. The first kappa shape index (κ1) is 22.6. The van der Waals surface area contributed by atoms with Gasteiger partial charge in [0.15, 0.2) is 0 Å². The minimum Gasteiger partial charge on any atom is -0.374 e. The molecule has 0 spiro atoms. The molecule has 0 fully saturated rings. The van der Waals surface area contributed by atoms with Crippen molar-refractivity contribution in [1.29, 1.82) is 21.0 Å². The Labute approximate surface area is 233 Å². The van der Waals surface area contributed by atoms with Gasteiger partial charge in [-0.25, -0.2) is 0 Å². The lowest BCUT2D eigenvalue weighted by Gasteiger charge is -2.28. The van der Waals surface area contributed by atoms with E-state index in [-0.39, 0.29) is 0 Å². The van der Waals surface area contributed by atoms with Gasteiger partial charge < -0.3 is 9.05 Å². The molecule has 0 saturated carbocycles. The van der Waals surface area contributed by atoms with Crippen LogP contribution in [-0.4, -0.2) is 20.9 Å². The highest BCUT2D eigenvalue weighted by molar-refractivity contribution is 6.88. The van der Waals surface area contributed by atoms with Crippen LogP contribution in [-0.2, 0) is 0 Å². The third kappa shape index (κ3) is 2.80. The zero-order chi connectivity index (χ0) is 27.8. The minimum atomic E-state index is -0.403. The van der Waals surface area contributed by atoms with E-state index in [0.717, 1.165) is 38.4 Å².